The third kappa shape index (κ3) is 4.86. The van der Waals surface area contributed by atoms with Gasteiger partial charge in [0, 0.05) is 11.9 Å². The number of para-hydroxylation sites is 1. The minimum absolute atomic E-state index is 0.0484. The van der Waals surface area contributed by atoms with Crippen LogP contribution >= 0.6 is 0 Å². The molecular formula is C24H18F2N4O2. The number of carbonyl (C=O) groups excluding carboxylic acids is 2. The summed E-state index contributed by atoms with van der Waals surface area (Å²) in [5.74, 6) is -2.05. The van der Waals surface area contributed by atoms with Gasteiger partial charge in [0.15, 0.2) is 5.69 Å². The maximum atomic E-state index is 14.2. The second kappa shape index (κ2) is 9.22. The number of aromatic nitrogens is 2. The summed E-state index contributed by atoms with van der Waals surface area (Å²) in [6.07, 6.45) is 1.55. The SMILES string of the molecule is O=C(Cc1ccccc1)Nc1cc(NC(=O)c2ccn(-c3ccccc3F)n2)ccc1F. The molecule has 0 fully saturated rings. The number of hydrogen-bond acceptors (Lipinski definition) is 3. The number of nitrogens with zero attached hydrogens (tertiary/aromatic N) is 2. The molecule has 160 valence electrons. The van der Waals surface area contributed by atoms with Gasteiger partial charge in [0.1, 0.15) is 17.3 Å². The molecule has 0 saturated carbocycles. The predicted molar refractivity (Wildman–Crippen MR) is 117 cm³/mol. The maximum Gasteiger partial charge on any atom is 0.276 e. The molecule has 2 N–H and O–H groups in total. The standard InChI is InChI=1S/C24H18F2N4O2/c25-18-11-10-17(15-21(18)28-23(31)14-16-6-2-1-3-7-16)27-24(32)20-12-13-30(29-20)22-9-5-4-8-19(22)26/h1-13,15H,14H2,(H,27,32)(H,28,31). The Labute approximate surface area is 182 Å². The molecule has 0 aliphatic carbocycles. The molecule has 0 radical (unpaired) electrons. The third-order valence-corrected chi connectivity index (χ3v) is 4.63. The van der Waals surface area contributed by atoms with Crippen molar-refractivity contribution in [3.8, 4) is 5.69 Å². The highest BCUT2D eigenvalue weighted by Gasteiger charge is 2.14. The molecule has 1 aromatic heterocycles. The minimum atomic E-state index is -0.631. The summed E-state index contributed by atoms with van der Waals surface area (Å²) in [6, 6.07) is 20.4. The van der Waals surface area contributed by atoms with Crippen LogP contribution in [-0.4, -0.2) is 21.6 Å². The molecule has 0 atom stereocenters. The number of anilines is 2. The average Bonchev–Trinajstić information content (AvgIpc) is 3.27. The minimum Gasteiger partial charge on any atom is -0.323 e. The van der Waals surface area contributed by atoms with Gasteiger partial charge in [0.25, 0.3) is 5.91 Å². The number of benzene rings is 3. The molecule has 8 heteroatoms. The lowest BCUT2D eigenvalue weighted by molar-refractivity contribution is -0.115. The lowest BCUT2D eigenvalue weighted by Crippen LogP contribution is -2.17. The van der Waals surface area contributed by atoms with Gasteiger partial charge >= 0.3 is 0 Å². The number of halogens is 2. The number of carbonyl (C=O) groups is 2. The van der Waals surface area contributed by atoms with E-state index in [4.69, 9.17) is 0 Å². The topological polar surface area (TPSA) is 76.0 Å². The second-order valence-corrected chi connectivity index (χ2v) is 6.96. The Hall–Kier alpha value is -4.33. The van der Waals surface area contributed by atoms with Crippen LogP contribution in [0.3, 0.4) is 0 Å². The Morgan fingerprint density at radius 1 is 0.844 bits per heavy atom. The summed E-state index contributed by atoms with van der Waals surface area (Å²) >= 11 is 0. The van der Waals surface area contributed by atoms with Gasteiger partial charge in [-0.2, -0.15) is 5.10 Å². The normalized spacial score (nSPS) is 10.6. The van der Waals surface area contributed by atoms with Crippen molar-refractivity contribution in [3.63, 3.8) is 0 Å². The molecule has 6 nitrogen and oxygen atoms in total. The van der Waals surface area contributed by atoms with E-state index in [2.05, 4.69) is 15.7 Å². The Morgan fingerprint density at radius 3 is 2.38 bits per heavy atom. The molecule has 3 aromatic carbocycles. The van der Waals surface area contributed by atoms with Gasteiger partial charge in [0.2, 0.25) is 5.91 Å². The van der Waals surface area contributed by atoms with Crippen molar-refractivity contribution in [2.24, 2.45) is 0 Å². The first kappa shape index (κ1) is 20.9. The molecule has 1 heterocycles. The highest BCUT2D eigenvalue weighted by molar-refractivity contribution is 6.03. The van der Waals surface area contributed by atoms with Crippen molar-refractivity contribution in [1.82, 2.24) is 9.78 Å². The molecule has 0 aliphatic heterocycles. The molecule has 0 unspecified atom stereocenters. The number of nitrogens with one attached hydrogen (secondary N) is 2. The first-order valence-electron chi connectivity index (χ1n) is 9.75. The van der Waals surface area contributed by atoms with Crippen molar-refractivity contribution in [2.75, 3.05) is 10.6 Å². The zero-order valence-corrected chi connectivity index (χ0v) is 16.8. The van der Waals surface area contributed by atoms with E-state index < -0.39 is 17.5 Å². The summed E-state index contributed by atoms with van der Waals surface area (Å²) < 4.78 is 29.4. The van der Waals surface area contributed by atoms with Gasteiger partial charge in [-0.1, -0.05) is 42.5 Å². The molecule has 4 aromatic rings. The smallest absolute Gasteiger partial charge is 0.276 e. The zero-order valence-electron chi connectivity index (χ0n) is 16.8. The van der Waals surface area contributed by atoms with Crippen molar-refractivity contribution in [2.45, 2.75) is 6.42 Å². The predicted octanol–water partition coefficient (Wildman–Crippen LogP) is 4.58. The molecule has 0 bridgehead atoms. The van der Waals surface area contributed by atoms with E-state index in [9.17, 15) is 18.4 Å². The molecule has 0 spiro atoms. The van der Waals surface area contributed by atoms with Crippen LogP contribution in [-0.2, 0) is 11.2 Å². The fourth-order valence-electron chi connectivity index (χ4n) is 3.09. The highest BCUT2D eigenvalue weighted by Crippen LogP contribution is 2.21. The summed E-state index contributed by atoms with van der Waals surface area (Å²) in [7, 11) is 0. The van der Waals surface area contributed by atoms with Gasteiger partial charge in [-0.05, 0) is 42.0 Å². The zero-order chi connectivity index (χ0) is 22.5. The van der Waals surface area contributed by atoms with Gasteiger partial charge in [-0.3, -0.25) is 9.59 Å². The third-order valence-electron chi connectivity index (χ3n) is 4.63. The van der Waals surface area contributed by atoms with E-state index in [1.165, 1.54) is 41.2 Å². The van der Waals surface area contributed by atoms with Gasteiger partial charge in [0.05, 0.1) is 12.1 Å². The van der Waals surface area contributed by atoms with Crippen LogP contribution in [0.15, 0.2) is 85.1 Å². The number of rotatable bonds is 6. The molecule has 32 heavy (non-hydrogen) atoms. The van der Waals surface area contributed by atoms with Crippen molar-refractivity contribution < 1.29 is 18.4 Å². The Bertz CT molecular complexity index is 1270. The summed E-state index contributed by atoms with van der Waals surface area (Å²) in [4.78, 5) is 24.8. The van der Waals surface area contributed by atoms with E-state index in [1.54, 1.807) is 24.3 Å². The van der Waals surface area contributed by atoms with E-state index in [0.717, 1.165) is 11.6 Å². The van der Waals surface area contributed by atoms with Crippen LogP contribution in [0.4, 0.5) is 20.2 Å². The van der Waals surface area contributed by atoms with Crippen molar-refractivity contribution in [3.05, 3.63) is 108 Å². The molecule has 0 saturated heterocycles. The average molecular weight is 432 g/mol. The Kier molecular flexibility index (Phi) is 6.03. The van der Waals surface area contributed by atoms with Crippen LogP contribution in [0.5, 0.6) is 0 Å². The number of hydrogen-bond donors (Lipinski definition) is 2. The Morgan fingerprint density at radius 2 is 1.59 bits per heavy atom. The first-order valence-corrected chi connectivity index (χ1v) is 9.75. The molecule has 0 aliphatic rings. The lowest BCUT2D eigenvalue weighted by atomic mass is 10.1. The monoisotopic (exact) mass is 432 g/mol. The maximum absolute atomic E-state index is 14.2. The lowest BCUT2D eigenvalue weighted by Gasteiger charge is -2.10. The van der Waals surface area contributed by atoms with E-state index in [1.807, 2.05) is 18.2 Å². The first-order chi connectivity index (χ1) is 15.5. The Balaban J connectivity index is 1.45. The largest absolute Gasteiger partial charge is 0.323 e. The summed E-state index contributed by atoms with van der Waals surface area (Å²) in [5, 5.41) is 9.21. The van der Waals surface area contributed by atoms with Crippen LogP contribution < -0.4 is 10.6 Å². The quantitative estimate of drug-likeness (QED) is 0.468. The van der Waals surface area contributed by atoms with Crippen molar-refractivity contribution in [1.29, 1.82) is 0 Å². The van der Waals surface area contributed by atoms with Gasteiger partial charge in [-0.25, -0.2) is 13.5 Å². The van der Waals surface area contributed by atoms with Crippen LogP contribution in [0.2, 0.25) is 0 Å². The van der Waals surface area contributed by atoms with E-state index >= 15 is 0 Å². The number of amides is 2. The van der Waals surface area contributed by atoms with Gasteiger partial charge < -0.3 is 10.6 Å². The highest BCUT2D eigenvalue weighted by atomic mass is 19.1. The summed E-state index contributed by atoms with van der Waals surface area (Å²) in [6.45, 7) is 0. The van der Waals surface area contributed by atoms with Crippen LogP contribution in [0.25, 0.3) is 5.69 Å². The fourth-order valence-corrected chi connectivity index (χ4v) is 3.09. The van der Waals surface area contributed by atoms with E-state index in [0.29, 0.717) is 0 Å². The van der Waals surface area contributed by atoms with Crippen molar-refractivity contribution >= 4 is 23.2 Å². The van der Waals surface area contributed by atoms with Gasteiger partial charge in [-0.15, -0.1) is 0 Å². The molecule has 2 amide bonds. The fraction of sp³-hybridized carbons (Fsp3) is 0.0417. The molecular weight excluding hydrogens is 414 g/mol. The second-order valence-electron chi connectivity index (χ2n) is 6.96. The molecule has 4 rings (SSSR count). The van der Waals surface area contributed by atoms with E-state index in [-0.39, 0.29) is 35.1 Å². The van der Waals surface area contributed by atoms with Crippen LogP contribution in [0.1, 0.15) is 16.1 Å². The summed E-state index contributed by atoms with van der Waals surface area (Å²) in [5.41, 5.74) is 1.26. The van der Waals surface area contributed by atoms with Crippen LogP contribution in [0, 0.1) is 11.6 Å².